The maximum absolute atomic E-state index is 15.3. The minimum Gasteiger partial charge on any atom is -0.473 e. The highest BCUT2D eigenvalue weighted by atomic mass is 19.4. The summed E-state index contributed by atoms with van der Waals surface area (Å²) in [5.74, 6) is -8.21. The predicted molar refractivity (Wildman–Crippen MR) is 145 cm³/mol. The summed E-state index contributed by atoms with van der Waals surface area (Å²) >= 11 is 0. The molecular formula is C33H31F6NO3. The Balaban J connectivity index is 1.25. The number of fused-ring (bicyclic) bond motifs is 4. The van der Waals surface area contributed by atoms with E-state index >= 15 is 13.2 Å². The molecule has 1 unspecified atom stereocenters. The highest BCUT2D eigenvalue weighted by Crippen LogP contribution is 2.71. The molecule has 0 amide bonds. The van der Waals surface area contributed by atoms with E-state index in [9.17, 15) is 18.0 Å². The van der Waals surface area contributed by atoms with Crippen molar-refractivity contribution in [2.75, 3.05) is 0 Å². The van der Waals surface area contributed by atoms with E-state index in [4.69, 9.17) is 9.47 Å². The standard InChI is InChI=1S/C33H31F6NO3/c1-30(2,3)43-29(41)27-26-20-14-40-25(12-23(20)32(35,36)28(26)27)42-15-16-10-18-19(13-31(4,5)22(18)11-24(16)34)17-8-6-7-9-21(17)33(37,38)39/h6-12,14,19,26-28H,13,15H2,1-5H3/t19?,26-,27-,28-/m1/s1. The summed E-state index contributed by atoms with van der Waals surface area (Å²) in [6.07, 6.45) is -2.93. The lowest BCUT2D eigenvalue weighted by atomic mass is 9.84. The summed E-state index contributed by atoms with van der Waals surface area (Å²) in [7, 11) is 0. The number of hydrogen-bond acceptors (Lipinski definition) is 4. The number of aromatic nitrogens is 1. The van der Waals surface area contributed by atoms with Crippen molar-refractivity contribution in [1.82, 2.24) is 4.98 Å². The lowest BCUT2D eigenvalue weighted by Gasteiger charge is -2.22. The first kappa shape index (κ1) is 29.5. The molecule has 0 aliphatic heterocycles. The Labute approximate surface area is 245 Å². The summed E-state index contributed by atoms with van der Waals surface area (Å²) in [5.41, 5.74) is -0.757. The second-order valence-corrected chi connectivity index (χ2v) is 13.4. The predicted octanol–water partition coefficient (Wildman–Crippen LogP) is 8.41. The summed E-state index contributed by atoms with van der Waals surface area (Å²) < 4.78 is 98.5. The van der Waals surface area contributed by atoms with E-state index in [1.54, 1.807) is 26.8 Å². The number of hydrogen-bond donors (Lipinski definition) is 0. The molecule has 1 heterocycles. The maximum Gasteiger partial charge on any atom is 0.416 e. The van der Waals surface area contributed by atoms with Gasteiger partial charge in [-0.05, 0) is 73.1 Å². The molecule has 0 radical (unpaired) electrons. The minimum atomic E-state index is -4.55. The highest BCUT2D eigenvalue weighted by molar-refractivity contribution is 5.80. The fourth-order valence-electron chi connectivity index (χ4n) is 6.91. The zero-order chi connectivity index (χ0) is 31.3. The average molecular weight is 604 g/mol. The Kier molecular flexibility index (Phi) is 6.50. The molecule has 0 bridgehead atoms. The van der Waals surface area contributed by atoms with Crippen molar-refractivity contribution in [2.24, 2.45) is 11.8 Å². The number of alkyl halides is 5. The smallest absolute Gasteiger partial charge is 0.416 e. The van der Waals surface area contributed by atoms with Gasteiger partial charge in [0.25, 0.3) is 5.92 Å². The fourth-order valence-corrected chi connectivity index (χ4v) is 6.91. The molecule has 1 aromatic heterocycles. The van der Waals surface area contributed by atoms with Crippen molar-refractivity contribution in [3.05, 3.63) is 93.4 Å². The number of ether oxygens (including phenoxy) is 2. The molecule has 6 rings (SSSR count). The van der Waals surface area contributed by atoms with Crippen LogP contribution in [0, 0.1) is 17.7 Å². The van der Waals surface area contributed by atoms with Crippen molar-refractivity contribution in [3.8, 4) is 5.88 Å². The third-order valence-electron chi connectivity index (χ3n) is 8.80. The molecule has 1 fully saturated rings. The molecule has 1 saturated carbocycles. The Morgan fingerprint density at radius 1 is 1.00 bits per heavy atom. The van der Waals surface area contributed by atoms with E-state index < -0.39 is 64.1 Å². The lowest BCUT2D eigenvalue weighted by Crippen LogP contribution is -2.28. The topological polar surface area (TPSA) is 48.4 Å². The Hall–Kier alpha value is -3.56. The third kappa shape index (κ3) is 4.96. The van der Waals surface area contributed by atoms with Gasteiger partial charge < -0.3 is 9.47 Å². The maximum atomic E-state index is 15.3. The first-order chi connectivity index (χ1) is 19.9. The molecule has 3 aliphatic carbocycles. The first-order valence-electron chi connectivity index (χ1n) is 14.1. The number of pyridine rings is 1. The van der Waals surface area contributed by atoms with Crippen LogP contribution in [0.15, 0.2) is 48.7 Å². The molecule has 10 heteroatoms. The van der Waals surface area contributed by atoms with E-state index in [0.29, 0.717) is 17.5 Å². The number of rotatable bonds is 5. The van der Waals surface area contributed by atoms with Gasteiger partial charge in [0.2, 0.25) is 5.88 Å². The molecule has 0 N–H and O–H groups in total. The Morgan fingerprint density at radius 2 is 1.70 bits per heavy atom. The zero-order valence-corrected chi connectivity index (χ0v) is 24.3. The number of benzene rings is 2. The molecule has 4 atom stereocenters. The SMILES string of the molecule is CC(C)(C)OC(=O)[C@@H]1[C@H]2c3cnc(OCc4cc5c(cc4F)C(C)(C)CC5c4ccccc4C(F)(F)F)cc3C(F)(F)[C@@H]12. The monoisotopic (exact) mass is 603 g/mol. The molecule has 228 valence electrons. The van der Waals surface area contributed by atoms with Gasteiger partial charge in [0.15, 0.2) is 0 Å². The van der Waals surface area contributed by atoms with Gasteiger partial charge in [0.1, 0.15) is 18.0 Å². The second kappa shape index (κ2) is 9.47. The number of esters is 1. The summed E-state index contributed by atoms with van der Waals surface area (Å²) in [6.45, 7) is 8.39. The van der Waals surface area contributed by atoms with E-state index in [0.717, 1.165) is 12.1 Å². The largest absolute Gasteiger partial charge is 0.473 e. The van der Waals surface area contributed by atoms with Gasteiger partial charge in [-0.25, -0.2) is 18.2 Å². The van der Waals surface area contributed by atoms with Crippen LogP contribution in [0.3, 0.4) is 0 Å². The van der Waals surface area contributed by atoms with Gasteiger partial charge in [0, 0.05) is 41.1 Å². The van der Waals surface area contributed by atoms with Crippen LogP contribution in [0.5, 0.6) is 5.88 Å². The van der Waals surface area contributed by atoms with Crippen molar-refractivity contribution in [2.45, 2.75) is 82.6 Å². The Morgan fingerprint density at radius 3 is 2.37 bits per heavy atom. The van der Waals surface area contributed by atoms with Gasteiger partial charge in [-0.15, -0.1) is 0 Å². The highest BCUT2D eigenvalue weighted by Gasteiger charge is 2.74. The van der Waals surface area contributed by atoms with Crippen molar-refractivity contribution in [3.63, 3.8) is 0 Å². The first-order valence-corrected chi connectivity index (χ1v) is 14.1. The molecule has 43 heavy (non-hydrogen) atoms. The van der Waals surface area contributed by atoms with Gasteiger partial charge in [-0.2, -0.15) is 13.2 Å². The normalized spacial score (nSPS) is 24.6. The number of halogens is 6. The van der Waals surface area contributed by atoms with Crippen molar-refractivity contribution >= 4 is 5.97 Å². The molecule has 4 nitrogen and oxygen atoms in total. The molecule has 2 aromatic carbocycles. The summed E-state index contributed by atoms with van der Waals surface area (Å²) in [5, 5.41) is 0. The number of carbonyl (C=O) groups excluding carboxylic acids is 1. The summed E-state index contributed by atoms with van der Waals surface area (Å²) in [4.78, 5) is 16.6. The molecule has 0 saturated heterocycles. The van der Waals surface area contributed by atoms with Gasteiger partial charge >= 0.3 is 12.1 Å². The summed E-state index contributed by atoms with van der Waals surface area (Å²) in [6, 6.07) is 9.35. The lowest BCUT2D eigenvalue weighted by molar-refractivity contribution is -0.159. The van der Waals surface area contributed by atoms with Crippen LogP contribution in [0.1, 0.15) is 91.8 Å². The van der Waals surface area contributed by atoms with Crippen LogP contribution in [-0.4, -0.2) is 16.6 Å². The molecule has 3 aromatic rings. The van der Waals surface area contributed by atoms with Crippen LogP contribution in [0.4, 0.5) is 26.3 Å². The number of carbonyl (C=O) groups is 1. The van der Waals surface area contributed by atoms with E-state index in [1.165, 1.54) is 30.5 Å². The van der Waals surface area contributed by atoms with Gasteiger partial charge in [0.05, 0.1) is 11.5 Å². The van der Waals surface area contributed by atoms with Crippen LogP contribution >= 0.6 is 0 Å². The van der Waals surface area contributed by atoms with E-state index in [1.807, 2.05) is 13.8 Å². The minimum absolute atomic E-state index is 0.0767. The molecule has 3 aliphatic rings. The van der Waals surface area contributed by atoms with Crippen molar-refractivity contribution < 1.29 is 40.6 Å². The number of nitrogens with zero attached hydrogens (tertiary/aromatic N) is 1. The molecule has 0 spiro atoms. The quantitative estimate of drug-likeness (QED) is 0.217. The van der Waals surface area contributed by atoms with E-state index in [-0.39, 0.29) is 34.7 Å². The van der Waals surface area contributed by atoms with Crippen LogP contribution in [0.25, 0.3) is 0 Å². The van der Waals surface area contributed by atoms with Crippen LogP contribution in [-0.2, 0) is 33.7 Å². The van der Waals surface area contributed by atoms with Gasteiger partial charge in [-0.3, -0.25) is 4.79 Å². The van der Waals surface area contributed by atoms with Crippen LogP contribution in [0.2, 0.25) is 0 Å². The molecular weight excluding hydrogens is 572 g/mol. The third-order valence-corrected chi connectivity index (χ3v) is 8.80. The van der Waals surface area contributed by atoms with Crippen LogP contribution < -0.4 is 4.74 Å². The fraction of sp³-hybridized carbons (Fsp3) is 0.455. The van der Waals surface area contributed by atoms with E-state index in [2.05, 4.69) is 4.98 Å². The van der Waals surface area contributed by atoms with Crippen molar-refractivity contribution in [1.29, 1.82) is 0 Å². The zero-order valence-electron chi connectivity index (χ0n) is 24.3. The Bertz CT molecular complexity index is 1620. The van der Waals surface area contributed by atoms with Gasteiger partial charge in [-0.1, -0.05) is 32.0 Å². The average Bonchev–Trinajstić information content (AvgIpc) is 3.55. The second-order valence-electron chi connectivity index (χ2n) is 13.4.